The first kappa shape index (κ1) is 52.5. The van der Waals surface area contributed by atoms with Crippen LogP contribution in [0.15, 0.2) is 111 Å². The number of alkyl halides is 3. The average Bonchev–Trinajstić information content (AvgIpc) is 3.30. The number of halogens is 5. The predicted molar refractivity (Wildman–Crippen MR) is 265 cm³/mol. The molecule has 21 heteroatoms. The third-order valence-electron chi connectivity index (χ3n) is 9.88. The molecule has 4 atom stereocenters. The Morgan fingerprint density at radius 1 is 0.559 bits per heavy atom. The van der Waals surface area contributed by atoms with Crippen molar-refractivity contribution in [1.29, 1.82) is 0 Å². The van der Waals surface area contributed by atoms with Gasteiger partial charge in [-0.3, -0.25) is 28.8 Å². The summed E-state index contributed by atoms with van der Waals surface area (Å²) in [6, 6.07) is 19.7. The number of Topliss-reactive ketones (excluding diaryl/α,β-unsaturated/α-hetero) is 2. The number of hydrogen-bond donors (Lipinski definition) is 4. The first-order valence-corrected chi connectivity index (χ1v) is 22.5. The highest BCUT2D eigenvalue weighted by molar-refractivity contribution is 6.33. The van der Waals surface area contributed by atoms with E-state index in [1.807, 2.05) is 0 Å². The standard InChI is InChI=1S/C47H43Cl5N8O8/c1-23(49)27-9-15-40(67-5)38(18-27)55-44(63)29-7-12-33(51)36(20-29)57-59-42(25(3)61)46(65)53-32-11-14-35(31(17-32)22-48)54-47(66)43(26(4)62)60-58-37-21-30(8-13-34(37)52)45(64)56-39-19-28(24(2)50)10-16-41(39)68-6/h7-21,23-24,42-43H,22H2,1-6H3,(H,53,65)(H,54,66)(H,55,63)(H,56,64). The number of ketones is 2. The summed E-state index contributed by atoms with van der Waals surface area (Å²) in [7, 11) is 2.92. The molecule has 0 aliphatic heterocycles. The molecule has 5 aromatic rings. The summed E-state index contributed by atoms with van der Waals surface area (Å²) in [5, 5.41) is 26.3. The molecule has 5 aromatic carbocycles. The predicted octanol–water partition coefficient (Wildman–Crippen LogP) is 12.2. The van der Waals surface area contributed by atoms with E-state index in [0.717, 1.165) is 25.0 Å². The average molecular weight is 1030 g/mol. The summed E-state index contributed by atoms with van der Waals surface area (Å²) < 4.78 is 10.8. The lowest BCUT2D eigenvalue weighted by molar-refractivity contribution is -0.127. The number of benzene rings is 5. The molecule has 0 heterocycles. The van der Waals surface area contributed by atoms with Crippen molar-refractivity contribution in [3.63, 3.8) is 0 Å². The van der Waals surface area contributed by atoms with Crippen LogP contribution in [-0.2, 0) is 25.1 Å². The zero-order chi connectivity index (χ0) is 49.8. The minimum Gasteiger partial charge on any atom is -0.495 e. The van der Waals surface area contributed by atoms with E-state index in [9.17, 15) is 28.8 Å². The second-order valence-corrected chi connectivity index (χ2v) is 17.2. The van der Waals surface area contributed by atoms with Gasteiger partial charge in [0.25, 0.3) is 23.6 Å². The number of rotatable bonds is 19. The fraction of sp³-hybridized carbons (Fsp3) is 0.234. The maximum absolute atomic E-state index is 13.5. The van der Waals surface area contributed by atoms with E-state index in [-0.39, 0.29) is 60.6 Å². The zero-order valence-electron chi connectivity index (χ0n) is 37.1. The molecule has 0 aromatic heterocycles. The number of methoxy groups -OCH3 is 2. The molecular formula is C47H43Cl5N8O8. The number of anilines is 4. The monoisotopic (exact) mass is 1020 g/mol. The fourth-order valence-electron chi connectivity index (χ4n) is 6.18. The van der Waals surface area contributed by atoms with Crippen molar-refractivity contribution in [2.24, 2.45) is 20.5 Å². The van der Waals surface area contributed by atoms with Gasteiger partial charge >= 0.3 is 0 Å². The van der Waals surface area contributed by atoms with E-state index in [1.54, 1.807) is 50.2 Å². The highest BCUT2D eigenvalue weighted by atomic mass is 35.5. The van der Waals surface area contributed by atoms with E-state index in [4.69, 9.17) is 67.5 Å². The zero-order valence-corrected chi connectivity index (χ0v) is 40.9. The number of ether oxygens (including phenoxy) is 2. The number of nitrogens with one attached hydrogen (secondary N) is 4. The Bertz CT molecular complexity index is 2820. The van der Waals surface area contributed by atoms with Gasteiger partial charge in [-0.15, -0.1) is 34.8 Å². The summed E-state index contributed by atoms with van der Waals surface area (Å²) in [4.78, 5) is 78.8. The van der Waals surface area contributed by atoms with Crippen LogP contribution in [0.3, 0.4) is 0 Å². The second-order valence-electron chi connectivity index (χ2n) is 14.8. The lowest BCUT2D eigenvalue weighted by Gasteiger charge is -2.15. The maximum Gasteiger partial charge on any atom is 0.258 e. The molecule has 0 bridgehead atoms. The lowest BCUT2D eigenvalue weighted by Crippen LogP contribution is -2.32. The molecule has 16 nitrogen and oxygen atoms in total. The van der Waals surface area contributed by atoms with Gasteiger partial charge in [-0.05, 0) is 123 Å². The van der Waals surface area contributed by atoms with Gasteiger partial charge < -0.3 is 30.7 Å². The Kier molecular flexibility index (Phi) is 18.6. The first-order valence-electron chi connectivity index (χ1n) is 20.3. The number of carbonyl (C=O) groups excluding carboxylic acids is 6. The van der Waals surface area contributed by atoms with E-state index < -0.39 is 47.3 Å². The smallest absolute Gasteiger partial charge is 0.258 e. The second kappa shape index (κ2) is 24.0. The molecule has 0 aliphatic rings. The van der Waals surface area contributed by atoms with Crippen LogP contribution in [0.2, 0.25) is 10.0 Å². The minimum absolute atomic E-state index is 0.000797. The largest absolute Gasteiger partial charge is 0.495 e. The van der Waals surface area contributed by atoms with Crippen LogP contribution < -0.4 is 30.7 Å². The van der Waals surface area contributed by atoms with Crippen molar-refractivity contribution in [2.45, 2.75) is 56.4 Å². The summed E-state index contributed by atoms with van der Waals surface area (Å²) >= 11 is 31.4. The molecule has 4 N–H and O–H groups in total. The molecule has 0 spiro atoms. The van der Waals surface area contributed by atoms with E-state index in [1.165, 1.54) is 68.8 Å². The molecule has 5 rings (SSSR count). The fourth-order valence-corrected chi connectivity index (χ4v) is 6.99. The van der Waals surface area contributed by atoms with Gasteiger partial charge in [-0.1, -0.05) is 35.3 Å². The lowest BCUT2D eigenvalue weighted by atomic mass is 10.1. The van der Waals surface area contributed by atoms with Crippen LogP contribution in [-0.4, -0.2) is 61.5 Å². The Morgan fingerprint density at radius 3 is 1.40 bits per heavy atom. The van der Waals surface area contributed by atoms with Crippen LogP contribution in [0.25, 0.3) is 0 Å². The molecule has 68 heavy (non-hydrogen) atoms. The van der Waals surface area contributed by atoms with E-state index in [0.29, 0.717) is 28.4 Å². The van der Waals surface area contributed by atoms with Gasteiger partial charge in [0.2, 0.25) is 12.1 Å². The third kappa shape index (κ3) is 13.6. The summed E-state index contributed by atoms with van der Waals surface area (Å²) in [5.74, 6) is -3.51. The van der Waals surface area contributed by atoms with Crippen LogP contribution in [0.5, 0.6) is 11.5 Å². The van der Waals surface area contributed by atoms with Gasteiger partial charge in [-0.2, -0.15) is 20.5 Å². The van der Waals surface area contributed by atoms with E-state index >= 15 is 0 Å². The quantitative estimate of drug-likeness (QED) is 0.0353. The first-order chi connectivity index (χ1) is 32.3. The molecule has 4 unspecified atom stereocenters. The summed E-state index contributed by atoms with van der Waals surface area (Å²) in [5.41, 5.74) is 3.18. The van der Waals surface area contributed by atoms with E-state index in [2.05, 4.69) is 41.7 Å². The number of nitrogens with zero attached hydrogens (tertiary/aromatic N) is 4. The van der Waals surface area contributed by atoms with Gasteiger partial charge in [0, 0.05) is 28.4 Å². The van der Waals surface area contributed by atoms with Crippen LogP contribution in [0.1, 0.15) is 75.9 Å². The van der Waals surface area contributed by atoms with Crippen molar-refractivity contribution in [3.05, 3.63) is 129 Å². The minimum atomic E-state index is -1.65. The third-order valence-corrected chi connectivity index (χ3v) is 11.3. The molecular weight excluding hydrogens is 982 g/mol. The SMILES string of the molecule is COc1ccc(C(C)Cl)cc1NC(=O)c1ccc(Cl)c(N=NC(C(C)=O)C(=O)Nc2ccc(NC(=O)C(N=Nc3cc(C(=O)Nc4cc(C(C)Cl)ccc4OC)ccc3Cl)C(C)=O)c(CCl)c2)c1. The number of amides is 4. The van der Waals surface area contributed by atoms with Gasteiger partial charge in [0.15, 0.2) is 11.6 Å². The molecule has 0 saturated carbocycles. The van der Waals surface area contributed by atoms with Crippen molar-refractivity contribution in [3.8, 4) is 11.5 Å². The highest BCUT2D eigenvalue weighted by Crippen LogP contribution is 2.34. The number of hydrogen-bond acceptors (Lipinski definition) is 12. The molecule has 354 valence electrons. The highest BCUT2D eigenvalue weighted by Gasteiger charge is 2.26. The van der Waals surface area contributed by atoms with Gasteiger partial charge in [0.05, 0.1) is 46.4 Å². The Morgan fingerprint density at radius 2 is 1.00 bits per heavy atom. The molecule has 0 fully saturated rings. The topological polar surface area (TPSA) is 218 Å². The van der Waals surface area contributed by atoms with Crippen molar-refractivity contribution >= 4 is 127 Å². The van der Waals surface area contributed by atoms with Crippen molar-refractivity contribution < 1.29 is 38.2 Å². The van der Waals surface area contributed by atoms with Crippen LogP contribution in [0, 0.1) is 0 Å². The number of azo groups is 2. The molecule has 4 amide bonds. The summed E-state index contributed by atoms with van der Waals surface area (Å²) in [6.45, 7) is 5.86. The Balaban J connectivity index is 1.27. The molecule has 0 aliphatic carbocycles. The van der Waals surface area contributed by atoms with Crippen molar-refractivity contribution in [2.75, 3.05) is 35.5 Å². The van der Waals surface area contributed by atoms with Gasteiger partial charge in [0.1, 0.15) is 22.9 Å². The van der Waals surface area contributed by atoms with Crippen LogP contribution >= 0.6 is 58.0 Å². The number of carbonyl (C=O) groups is 6. The van der Waals surface area contributed by atoms with Gasteiger partial charge in [-0.25, -0.2) is 0 Å². The molecule has 0 radical (unpaired) electrons. The Hall–Kier alpha value is -6.43. The maximum atomic E-state index is 13.5. The van der Waals surface area contributed by atoms with Crippen LogP contribution in [0.4, 0.5) is 34.1 Å². The van der Waals surface area contributed by atoms with Crippen molar-refractivity contribution in [1.82, 2.24) is 0 Å². The normalized spacial score (nSPS) is 13.0. The molecule has 0 saturated heterocycles. The Labute approximate surface area is 416 Å². The summed E-state index contributed by atoms with van der Waals surface area (Å²) in [6.07, 6.45) is 0.